The fourth-order valence-electron chi connectivity index (χ4n) is 7.09. The zero-order valence-electron chi connectivity index (χ0n) is 10.1. The van der Waals surface area contributed by atoms with Crippen LogP contribution in [0.1, 0.15) is 38.5 Å². The maximum atomic E-state index is 8.86. The van der Waals surface area contributed by atoms with Crippen LogP contribution in [0.15, 0.2) is 5.11 Å². The first-order valence-electron chi connectivity index (χ1n) is 7.36. The molecule has 0 radical (unpaired) electrons. The molecule has 7 aliphatic carbocycles. The maximum Gasteiger partial charge on any atom is 0.0496 e. The highest BCUT2D eigenvalue weighted by atomic mass is 15.2. The van der Waals surface area contributed by atoms with E-state index in [1.807, 2.05) is 0 Å². The Labute approximate surface area is 102 Å². The Balaban J connectivity index is 1.65. The van der Waals surface area contributed by atoms with Crippen molar-refractivity contribution in [3.63, 3.8) is 0 Å². The standard InChI is InChI=1S/C14H19N3/c15-17-16-14-4-11-8-1-7-2-9(11)13(6-14)10(3-7)12(8)5-14/h7-13H,1-6H2. The topological polar surface area (TPSA) is 48.8 Å². The molecule has 0 aliphatic heterocycles. The molecule has 0 saturated heterocycles. The molecule has 0 N–H and O–H groups in total. The molecule has 7 saturated carbocycles. The van der Waals surface area contributed by atoms with E-state index in [4.69, 9.17) is 5.53 Å². The smallest absolute Gasteiger partial charge is 0.0496 e. The van der Waals surface area contributed by atoms with Gasteiger partial charge in [-0.3, -0.25) is 0 Å². The Hall–Kier alpha value is -0.690. The predicted molar refractivity (Wildman–Crippen MR) is 64.0 cm³/mol. The van der Waals surface area contributed by atoms with Crippen LogP contribution in [0.4, 0.5) is 0 Å². The minimum absolute atomic E-state index is 0.0580. The van der Waals surface area contributed by atoms with Crippen molar-refractivity contribution in [2.75, 3.05) is 0 Å². The molecular weight excluding hydrogens is 210 g/mol. The SMILES string of the molecule is [N-]=[N+]=NC12CC3C4CC5CC3C(C1)C(C5)C4C2. The summed E-state index contributed by atoms with van der Waals surface area (Å²) in [5.41, 5.74) is 8.92. The van der Waals surface area contributed by atoms with Crippen LogP contribution >= 0.6 is 0 Å². The van der Waals surface area contributed by atoms with Gasteiger partial charge in [0.1, 0.15) is 0 Å². The Bertz CT molecular complexity index is 376. The predicted octanol–water partition coefficient (Wildman–Crippen LogP) is 3.76. The lowest BCUT2D eigenvalue weighted by atomic mass is 9.34. The quantitative estimate of drug-likeness (QED) is 0.373. The van der Waals surface area contributed by atoms with E-state index in [1.165, 1.54) is 38.5 Å². The summed E-state index contributed by atoms with van der Waals surface area (Å²) >= 11 is 0. The number of nitrogens with zero attached hydrogens (tertiary/aromatic N) is 3. The van der Waals surface area contributed by atoms with Crippen molar-refractivity contribution in [3.8, 4) is 0 Å². The molecular formula is C14H19N3. The second-order valence-electron chi connectivity index (χ2n) is 7.58. The summed E-state index contributed by atoms with van der Waals surface area (Å²) in [5, 5.41) is 4.28. The number of hydrogen-bond acceptors (Lipinski definition) is 1. The number of rotatable bonds is 1. The van der Waals surface area contributed by atoms with Crippen LogP contribution in [0.2, 0.25) is 0 Å². The first-order valence-corrected chi connectivity index (χ1v) is 7.36. The zero-order chi connectivity index (χ0) is 11.2. The van der Waals surface area contributed by atoms with Gasteiger partial charge >= 0.3 is 0 Å². The molecule has 7 aliphatic rings. The molecule has 0 aromatic carbocycles. The second-order valence-corrected chi connectivity index (χ2v) is 7.58. The highest BCUT2D eigenvalue weighted by Gasteiger charge is 2.67. The van der Waals surface area contributed by atoms with Crippen LogP contribution < -0.4 is 0 Å². The summed E-state index contributed by atoms with van der Waals surface area (Å²) in [7, 11) is 0. The van der Waals surface area contributed by atoms with Crippen molar-refractivity contribution >= 4 is 0 Å². The summed E-state index contributed by atoms with van der Waals surface area (Å²) in [5.74, 6) is 6.95. The van der Waals surface area contributed by atoms with E-state index in [1.54, 1.807) is 0 Å². The Morgan fingerprint density at radius 2 is 1.29 bits per heavy atom. The van der Waals surface area contributed by atoms with Gasteiger partial charge in [0.25, 0.3) is 0 Å². The lowest BCUT2D eigenvalue weighted by molar-refractivity contribution is -0.209. The molecule has 0 aromatic heterocycles. The van der Waals surface area contributed by atoms with Crippen LogP contribution in [-0.4, -0.2) is 5.54 Å². The van der Waals surface area contributed by atoms with E-state index < -0.39 is 0 Å². The third kappa shape index (κ3) is 0.920. The van der Waals surface area contributed by atoms with Crippen LogP contribution in [0.5, 0.6) is 0 Å². The Morgan fingerprint density at radius 1 is 0.824 bits per heavy atom. The van der Waals surface area contributed by atoms with Crippen molar-refractivity contribution in [1.29, 1.82) is 0 Å². The summed E-state index contributed by atoms with van der Waals surface area (Å²) < 4.78 is 0. The molecule has 3 nitrogen and oxygen atoms in total. The maximum absolute atomic E-state index is 8.86. The second kappa shape index (κ2) is 2.66. The van der Waals surface area contributed by atoms with Gasteiger partial charge in [-0.05, 0) is 85.5 Å². The van der Waals surface area contributed by atoms with Crippen molar-refractivity contribution in [2.24, 2.45) is 46.5 Å². The molecule has 7 rings (SSSR count). The molecule has 3 heteroatoms. The zero-order valence-corrected chi connectivity index (χ0v) is 10.1. The summed E-state index contributed by atoms with van der Waals surface area (Å²) in [6.07, 6.45) is 8.25. The monoisotopic (exact) mass is 229 g/mol. The van der Waals surface area contributed by atoms with Crippen LogP contribution in [-0.2, 0) is 0 Å². The van der Waals surface area contributed by atoms with E-state index >= 15 is 0 Å². The number of hydrogen-bond donors (Lipinski definition) is 0. The lowest BCUT2D eigenvalue weighted by Gasteiger charge is -2.71. The minimum atomic E-state index is 0.0580. The lowest BCUT2D eigenvalue weighted by Crippen LogP contribution is -2.66. The number of azide groups is 1. The van der Waals surface area contributed by atoms with Gasteiger partial charge in [-0.25, -0.2) is 0 Å². The minimum Gasteiger partial charge on any atom is -0.0872 e. The van der Waals surface area contributed by atoms with Crippen LogP contribution in [0.3, 0.4) is 0 Å². The molecule has 90 valence electrons. The van der Waals surface area contributed by atoms with Crippen molar-refractivity contribution in [3.05, 3.63) is 10.4 Å². The molecule has 0 aromatic rings. The fourth-order valence-corrected chi connectivity index (χ4v) is 7.09. The third-order valence-electron chi connectivity index (χ3n) is 7.22. The Morgan fingerprint density at radius 3 is 1.71 bits per heavy atom. The van der Waals surface area contributed by atoms with Crippen molar-refractivity contribution in [2.45, 2.75) is 44.1 Å². The summed E-state index contributed by atoms with van der Waals surface area (Å²) in [6, 6.07) is 0. The van der Waals surface area contributed by atoms with Gasteiger partial charge < -0.3 is 0 Å². The van der Waals surface area contributed by atoms with Crippen LogP contribution in [0, 0.1) is 41.4 Å². The van der Waals surface area contributed by atoms with Gasteiger partial charge in [-0.1, -0.05) is 5.11 Å². The van der Waals surface area contributed by atoms with Gasteiger partial charge in [0, 0.05) is 10.5 Å². The molecule has 0 atom stereocenters. The van der Waals surface area contributed by atoms with Gasteiger partial charge in [-0.2, -0.15) is 0 Å². The average Bonchev–Trinajstić information content (AvgIpc) is 2.34. The van der Waals surface area contributed by atoms with E-state index in [0.29, 0.717) is 0 Å². The summed E-state index contributed by atoms with van der Waals surface area (Å²) in [4.78, 5) is 3.18. The average molecular weight is 229 g/mol. The normalized spacial score (nSPS) is 65.1. The van der Waals surface area contributed by atoms with E-state index in [0.717, 1.165) is 41.4 Å². The first kappa shape index (κ1) is 9.27. The third-order valence-corrected chi connectivity index (χ3v) is 7.22. The molecule has 0 amide bonds. The Kier molecular flexibility index (Phi) is 1.45. The molecule has 17 heavy (non-hydrogen) atoms. The van der Waals surface area contributed by atoms with Crippen LogP contribution in [0.25, 0.3) is 10.4 Å². The van der Waals surface area contributed by atoms with Crippen molar-refractivity contribution in [1.82, 2.24) is 0 Å². The van der Waals surface area contributed by atoms with Gasteiger partial charge in [-0.15, -0.1) is 0 Å². The fraction of sp³-hybridized carbons (Fsp3) is 1.00. The van der Waals surface area contributed by atoms with E-state index in [-0.39, 0.29) is 5.54 Å². The largest absolute Gasteiger partial charge is 0.0872 e. The molecule has 0 unspecified atom stereocenters. The molecule has 0 heterocycles. The van der Waals surface area contributed by atoms with E-state index in [9.17, 15) is 0 Å². The first-order chi connectivity index (χ1) is 8.30. The van der Waals surface area contributed by atoms with Gasteiger partial charge in [0.05, 0.1) is 0 Å². The van der Waals surface area contributed by atoms with Gasteiger partial charge in [0.15, 0.2) is 0 Å². The molecule has 7 fully saturated rings. The highest BCUT2D eigenvalue weighted by molar-refractivity contribution is 5.18. The van der Waals surface area contributed by atoms with Crippen molar-refractivity contribution < 1.29 is 0 Å². The highest BCUT2D eigenvalue weighted by Crippen LogP contribution is 2.72. The van der Waals surface area contributed by atoms with E-state index in [2.05, 4.69) is 10.0 Å². The van der Waals surface area contributed by atoms with Gasteiger partial charge in [0.2, 0.25) is 0 Å². The summed E-state index contributed by atoms with van der Waals surface area (Å²) in [6.45, 7) is 0. The molecule has 0 spiro atoms. The molecule has 8 bridgehead atoms.